The average Bonchev–Trinajstić information content (AvgIpc) is 2.63. The van der Waals surface area contributed by atoms with Crippen molar-refractivity contribution < 1.29 is 13.6 Å². The highest BCUT2D eigenvalue weighted by molar-refractivity contribution is 7.80. The number of carbonyl (C=O) groups excluding carboxylic acids is 1. The molecule has 5 heteroatoms. The minimum atomic E-state index is -0.574. The van der Waals surface area contributed by atoms with E-state index in [-0.39, 0.29) is 17.5 Å². The van der Waals surface area contributed by atoms with Gasteiger partial charge < -0.3 is 4.90 Å². The van der Waals surface area contributed by atoms with Gasteiger partial charge in [0.25, 0.3) is 0 Å². The van der Waals surface area contributed by atoms with Gasteiger partial charge in [-0.3, -0.25) is 4.79 Å². The van der Waals surface area contributed by atoms with Crippen LogP contribution in [0.4, 0.5) is 14.5 Å². The van der Waals surface area contributed by atoms with Gasteiger partial charge in [0, 0.05) is 19.0 Å². The zero-order chi connectivity index (χ0) is 11.7. The van der Waals surface area contributed by atoms with Crippen LogP contribution in [0, 0.1) is 17.6 Å². The zero-order valence-electron chi connectivity index (χ0n) is 8.49. The van der Waals surface area contributed by atoms with E-state index in [1.54, 1.807) is 0 Å². The summed E-state index contributed by atoms with van der Waals surface area (Å²) in [4.78, 5) is 12.9. The lowest BCUT2D eigenvalue weighted by atomic mass is 10.1. The Kier molecular flexibility index (Phi) is 3.14. The van der Waals surface area contributed by atoms with E-state index in [1.165, 1.54) is 4.90 Å². The first-order valence-corrected chi connectivity index (χ1v) is 5.61. The predicted molar refractivity (Wildman–Crippen MR) is 60.7 cm³/mol. The molecule has 0 saturated carbocycles. The molecule has 0 spiro atoms. The van der Waals surface area contributed by atoms with Crippen LogP contribution < -0.4 is 4.90 Å². The number of hydrogen-bond acceptors (Lipinski definition) is 2. The fourth-order valence-electron chi connectivity index (χ4n) is 1.83. The molecular formula is C11H11F2NOS. The van der Waals surface area contributed by atoms with Gasteiger partial charge in [-0.05, 0) is 23.8 Å². The minimum Gasteiger partial charge on any atom is -0.309 e. The van der Waals surface area contributed by atoms with Crippen molar-refractivity contribution in [2.75, 3.05) is 17.2 Å². The maximum absolute atomic E-state index is 13.4. The first-order valence-electron chi connectivity index (χ1n) is 4.98. The van der Waals surface area contributed by atoms with Crippen molar-refractivity contribution in [1.29, 1.82) is 0 Å². The molecule has 1 aliphatic heterocycles. The van der Waals surface area contributed by atoms with E-state index in [1.807, 2.05) is 0 Å². The molecule has 0 aromatic heterocycles. The monoisotopic (exact) mass is 243 g/mol. The fourth-order valence-corrected chi connectivity index (χ4v) is 2.07. The number of amides is 1. The topological polar surface area (TPSA) is 20.3 Å². The Morgan fingerprint density at radius 1 is 1.44 bits per heavy atom. The Morgan fingerprint density at radius 3 is 2.81 bits per heavy atom. The van der Waals surface area contributed by atoms with Crippen molar-refractivity contribution in [3.63, 3.8) is 0 Å². The lowest BCUT2D eigenvalue weighted by Crippen LogP contribution is -2.25. The molecule has 1 atom stereocenters. The average molecular weight is 243 g/mol. The van der Waals surface area contributed by atoms with Crippen LogP contribution in [0.2, 0.25) is 0 Å². The Balaban J connectivity index is 2.30. The van der Waals surface area contributed by atoms with Gasteiger partial charge in [0.05, 0.1) is 5.69 Å². The summed E-state index contributed by atoms with van der Waals surface area (Å²) in [5.41, 5.74) is 0.0225. The molecule has 1 saturated heterocycles. The predicted octanol–water partition coefficient (Wildman–Crippen LogP) is 2.25. The molecule has 1 aromatic carbocycles. The van der Waals surface area contributed by atoms with Crippen LogP contribution in [0.5, 0.6) is 0 Å². The molecule has 1 aromatic rings. The number of nitrogens with zero attached hydrogens (tertiary/aromatic N) is 1. The molecule has 2 rings (SSSR count). The maximum atomic E-state index is 13.4. The van der Waals surface area contributed by atoms with Crippen LogP contribution in [0.15, 0.2) is 18.2 Å². The molecule has 2 nitrogen and oxygen atoms in total. The molecule has 1 fully saturated rings. The zero-order valence-corrected chi connectivity index (χ0v) is 9.38. The highest BCUT2D eigenvalue weighted by Crippen LogP contribution is 2.28. The molecule has 1 amide bonds. The molecule has 0 radical (unpaired) electrons. The number of anilines is 1. The highest BCUT2D eigenvalue weighted by atomic mass is 32.1. The molecule has 1 heterocycles. The van der Waals surface area contributed by atoms with Crippen molar-refractivity contribution >= 4 is 24.2 Å². The van der Waals surface area contributed by atoms with E-state index in [0.29, 0.717) is 18.7 Å². The quantitative estimate of drug-likeness (QED) is 0.790. The molecule has 1 unspecified atom stereocenters. The van der Waals surface area contributed by atoms with Gasteiger partial charge in [0.15, 0.2) is 0 Å². The summed E-state index contributed by atoms with van der Waals surface area (Å²) < 4.78 is 26.4. The van der Waals surface area contributed by atoms with Gasteiger partial charge in [-0.1, -0.05) is 0 Å². The van der Waals surface area contributed by atoms with Gasteiger partial charge in [-0.25, -0.2) is 8.78 Å². The summed E-state index contributed by atoms with van der Waals surface area (Å²) in [5, 5.41) is 0. The van der Waals surface area contributed by atoms with Crippen LogP contribution >= 0.6 is 12.6 Å². The van der Waals surface area contributed by atoms with E-state index in [0.717, 1.165) is 18.2 Å². The lowest BCUT2D eigenvalue weighted by molar-refractivity contribution is -0.117. The lowest BCUT2D eigenvalue weighted by Gasteiger charge is -2.17. The van der Waals surface area contributed by atoms with E-state index in [4.69, 9.17) is 0 Å². The second-order valence-electron chi connectivity index (χ2n) is 3.85. The standard InChI is InChI=1S/C11H11F2NOS/c12-8-1-2-9(13)10(4-8)14-5-7(6-16)3-11(14)15/h1-2,4,7,16H,3,5-6H2. The van der Waals surface area contributed by atoms with Crippen LogP contribution in [-0.2, 0) is 4.79 Å². The first kappa shape index (κ1) is 11.4. The number of benzene rings is 1. The molecule has 86 valence electrons. The minimum absolute atomic E-state index is 0.0225. The molecule has 16 heavy (non-hydrogen) atoms. The van der Waals surface area contributed by atoms with Gasteiger partial charge in [-0.15, -0.1) is 0 Å². The number of hydrogen-bond donors (Lipinski definition) is 1. The van der Waals surface area contributed by atoms with Crippen molar-refractivity contribution in [3.05, 3.63) is 29.8 Å². The van der Waals surface area contributed by atoms with E-state index >= 15 is 0 Å². The Hall–Kier alpha value is -1.10. The maximum Gasteiger partial charge on any atom is 0.227 e. The largest absolute Gasteiger partial charge is 0.309 e. The second-order valence-corrected chi connectivity index (χ2v) is 4.22. The van der Waals surface area contributed by atoms with Crippen molar-refractivity contribution in [2.45, 2.75) is 6.42 Å². The first-order chi connectivity index (χ1) is 7.61. The van der Waals surface area contributed by atoms with Crippen molar-refractivity contribution in [3.8, 4) is 0 Å². The van der Waals surface area contributed by atoms with Crippen molar-refractivity contribution in [2.24, 2.45) is 5.92 Å². The van der Waals surface area contributed by atoms with E-state index in [9.17, 15) is 13.6 Å². The van der Waals surface area contributed by atoms with E-state index in [2.05, 4.69) is 12.6 Å². The molecule has 0 aliphatic carbocycles. The van der Waals surface area contributed by atoms with Gasteiger partial charge in [0.1, 0.15) is 11.6 Å². The Bertz CT molecular complexity index is 424. The SMILES string of the molecule is O=C1CC(CS)CN1c1cc(F)ccc1F. The van der Waals surface area contributed by atoms with Crippen molar-refractivity contribution in [1.82, 2.24) is 0 Å². The van der Waals surface area contributed by atoms with Gasteiger partial charge >= 0.3 is 0 Å². The van der Waals surface area contributed by atoms with Crippen LogP contribution in [0.3, 0.4) is 0 Å². The van der Waals surface area contributed by atoms with Crippen LogP contribution in [-0.4, -0.2) is 18.2 Å². The summed E-state index contributed by atoms with van der Waals surface area (Å²) in [6.45, 7) is 0.405. The summed E-state index contributed by atoms with van der Waals surface area (Å²) >= 11 is 4.11. The fraction of sp³-hybridized carbons (Fsp3) is 0.364. The third-order valence-corrected chi connectivity index (χ3v) is 3.18. The second kappa shape index (κ2) is 4.41. The van der Waals surface area contributed by atoms with E-state index < -0.39 is 11.6 Å². The summed E-state index contributed by atoms with van der Waals surface area (Å²) in [7, 11) is 0. The van der Waals surface area contributed by atoms with Gasteiger partial charge in [-0.2, -0.15) is 12.6 Å². The molecule has 0 N–H and O–H groups in total. The molecular weight excluding hydrogens is 232 g/mol. The number of carbonyl (C=O) groups is 1. The van der Waals surface area contributed by atoms with Crippen LogP contribution in [0.25, 0.3) is 0 Å². The number of thiol groups is 1. The number of halogens is 2. The van der Waals surface area contributed by atoms with Crippen LogP contribution in [0.1, 0.15) is 6.42 Å². The molecule has 1 aliphatic rings. The summed E-state index contributed by atoms with van der Waals surface area (Å²) in [6, 6.07) is 3.12. The Morgan fingerprint density at radius 2 is 2.19 bits per heavy atom. The third kappa shape index (κ3) is 2.04. The summed E-state index contributed by atoms with van der Waals surface area (Å²) in [6.07, 6.45) is 0.347. The highest BCUT2D eigenvalue weighted by Gasteiger charge is 2.31. The summed E-state index contributed by atoms with van der Waals surface area (Å²) in [5.74, 6) is -0.616. The Labute approximate surface area is 97.7 Å². The third-order valence-electron chi connectivity index (χ3n) is 2.66. The molecule has 0 bridgehead atoms. The number of rotatable bonds is 2. The smallest absolute Gasteiger partial charge is 0.227 e. The normalized spacial score (nSPS) is 20.6. The van der Waals surface area contributed by atoms with Gasteiger partial charge in [0.2, 0.25) is 5.91 Å².